The Hall–Kier alpha value is -2.11. The molecular weight excluding hydrogens is 336 g/mol. The first-order valence-electron chi connectivity index (χ1n) is 7.67. The minimum absolute atomic E-state index is 0.0275. The number of thiazole rings is 1. The minimum atomic E-state index is 0.0275. The van der Waals surface area contributed by atoms with E-state index in [0.29, 0.717) is 12.3 Å². The van der Waals surface area contributed by atoms with Crippen molar-refractivity contribution in [3.05, 3.63) is 71.1 Å². The number of nitrogens with one attached hydrogen (secondary N) is 1. The monoisotopic (exact) mass is 354 g/mol. The van der Waals surface area contributed by atoms with Crippen molar-refractivity contribution in [2.45, 2.75) is 17.8 Å². The van der Waals surface area contributed by atoms with Gasteiger partial charge in [0.05, 0.1) is 11.4 Å². The molecule has 1 N–H and O–H groups in total. The van der Waals surface area contributed by atoms with Gasteiger partial charge in [-0.3, -0.25) is 4.79 Å². The molecule has 3 nitrogen and oxygen atoms in total. The highest BCUT2D eigenvalue weighted by atomic mass is 32.2. The third kappa shape index (κ3) is 4.46. The zero-order valence-corrected chi connectivity index (χ0v) is 15.0. The first-order chi connectivity index (χ1) is 11.7. The van der Waals surface area contributed by atoms with Crippen molar-refractivity contribution in [2.75, 3.05) is 5.75 Å². The Bertz CT molecular complexity index is 815. The summed E-state index contributed by atoms with van der Waals surface area (Å²) < 4.78 is 0.917. The molecule has 0 fully saturated rings. The summed E-state index contributed by atoms with van der Waals surface area (Å²) in [6.07, 6.45) is 0. The zero-order chi connectivity index (χ0) is 16.8. The van der Waals surface area contributed by atoms with Crippen molar-refractivity contribution in [3.8, 4) is 11.3 Å². The summed E-state index contributed by atoms with van der Waals surface area (Å²) >= 11 is 3.05. The Morgan fingerprint density at radius 2 is 1.88 bits per heavy atom. The summed E-state index contributed by atoms with van der Waals surface area (Å²) in [6, 6.07) is 18.2. The fourth-order valence-corrected chi connectivity index (χ4v) is 3.91. The summed E-state index contributed by atoms with van der Waals surface area (Å²) in [5, 5.41) is 5.00. The molecule has 24 heavy (non-hydrogen) atoms. The summed E-state index contributed by atoms with van der Waals surface area (Å²) in [6.45, 7) is 2.62. The molecule has 0 aliphatic heterocycles. The van der Waals surface area contributed by atoms with Gasteiger partial charge >= 0.3 is 0 Å². The van der Waals surface area contributed by atoms with E-state index in [1.165, 1.54) is 17.3 Å². The Kier molecular flexibility index (Phi) is 5.67. The Balaban J connectivity index is 1.50. The van der Waals surface area contributed by atoms with Crippen molar-refractivity contribution in [2.24, 2.45) is 0 Å². The molecule has 0 aliphatic carbocycles. The minimum Gasteiger partial charge on any atom is -0.351 e. The fraction of sp³-hybridized carbons (Fsp3) is 0.158. The molecular formula is C19H18N2OS2. The molecule has 0 aliphatic rings. The second-order valence-electron chi connectivity index (χ2n) is 5.36. The molecule has 0 unspecified atom stereocenters. The van der Waals surface area contributed by atoms with Crippen LogP contribution in [0.5, 0.6) is 0 Å². The van der Waals surface area contributed by atoms with Crippen molar-refractivity contribution in [1.29, 1.82) is 0 Å². The normalized spacial score (nSPS) is 10.5. The highest BCUT2D eigenvalue weighted by Gasteiger charge is 2.08. The van der Waals surface area contributed by atoms with Crippen LogP contribution in [0.25, 0.3) is 11.3 Å². The van der Waals surface area contributed by atoms with Gasteiger partial charge in [0.15, 0.2) is 4.34 Å². The quantitative estimate of drug-likeness (QED) is 0.662. The number of hydrogen-bond donors (Lipinski definition) is 1. The van der Waals surface area contributed by atoms with E-state index in [1.54, 1.807) is 11.3 Å². The van der Waals surface area contributed by atoms with Crippen LogP contribution in [-0.4, -0.2) is 16.6 Å². The van der Waals surface area contributed by atoms with Gasteiger partial charge in [0, 0.05) is 17.5 Å². The van der Waals surface area contributed by atoms with E-state index in [1.807, 2.05) is 53.9 Å². The predicted octanol–water partition coefficient (Wildman–Crippen LogP) is 4.53. The molecule has 3 aromatic rings. The molecule has 0 saturated heterocycles. The van der Waals surface area contributed by atoms with E-state index in [-0.39, 0.29) is 5.91 Å². The number of aryl methyl sites for hydroxylation is 1. The van der Waals surface area contributed by atoms with Crippen LogP contribution in [0.15, 0.2) is 64.3 Å². The van der Waals surface area contributed by atoms with Gasteiger partial charge in [0.1, 0.15) is 0 Å². The van der Waals surface area contributed by atoms with Crippen LogP contribution in [0, 0.1) is 6.92 Å². The van der Waals surface area contributed by atoms with Gasteiger partial charge in [-0.1, -0.05) is 66.4 Å². The number of carbonyl (C=O) groups is 1. The third-order valence-corrected chi connectivity index (χ3v) is 5.64. The predicted molar refractivity (Wildman–Crippen MR) is 101 cm³/mol. The third-order valence-electron chi connectivity index (χ3n) is 3.62. The lowest BCUT2D eigenvalue weighted by molar-refractivity contribution is -0.118. The molecule has 1 heterocycles. The highest BCUT2D eigenvalue weighted by molar-refractivity contribution is 8.01. The number of rotatable bonds is 6. The van der Waals surface area contributed by atoms with Gasteiger partial charge in [-0.05, 0) is 18.1 Å². The molecule has 5 heteroatoms. The highest BCUT2D eigenvalue weighted by Crippen LogP contribution is 2.27. The molecule has 0 radical (unpaired) electrons. The molecule has 1 aromatic heterocycles. The number of carbonyl (C=O) groups excluding carboxylic acids is 1. The van der Waals surface area contributed by atoms with Gasteiger partial charge < -0.3 is 5.32 Å². The topological polar surface area (TPSA) is 42.0 Å². The second kappa shape index (κ2) is 8.13. The summed E-state index contributed by atoms with van der Waals surface area (Å²) in [7, 11) is 0. The van der Waals surface area contributed by atoms with E-state index in [0.717, 1.165) is 21.2 Å². The Morgan fingerprint density at radius 3 is 2.67 bits per heavy atom. The average Bonchev–Trinajstić information content (AvgIpc) is 3.09. The van der Waals surface area contributed by atoms with E-state index in [9.17, 15) is 4.79 Å². The van der Waals surface area contributed by atoms with Crippen molar-refractivity contribution in [3.63, 3.8) is 0 Å². The van der Waals surface area contributed by atoms with E-state index < -0.39 is 0 Å². The van der Waals surface area contributed by atoms with Crippen LogP contribution in [-0.2, 0) is 11.3 Å². The van der Waals surface area contributed by atoms with Crippen LogP contribution < -0.4 is 5.32 Å². The van der Waals surface area contributed by atoms with Crippen LogP contribution in [0.4, 0.5) is 0 Å². The number of benzene rings is 2. The molecule has 3 rings (SSSR count). The maximum Gasteiger partial charge on any atom is 0.230 e. The summed E-state index contributed by atoms with van der Waals surface area (Å²) in [5.74, 6) is 0.410. The number of thioether (sulfide) groups is 1. The van der Waals surface area contributed by atoms with Crippen LogP contribution >= 0.6 is 23.1 Å². The molecule has 0 spiro atoms. The van der Waals surface area contributed by atoms with Gasteiger partial charge in [-0.2, -0.15) is 0 Å². The lowest BCUT2D eigenvalue weighted by atomic mass is 10.1. The fourth-order valence-electron chi connectivity index (χ4n) is 2.25. The number of hydrogen-bond acceptors (Lipinski definition) is 4. The van der Waals surface area contributed by atoms with Gasteiger partial charge in [-0.15, -0.1) is 11.3 Å². The van der Waals surface area contributed by atoms with Crippen molar-refractivity contribution < 1.29 is 4.79 Å². The van der Waals surface area contributed by atoms with Crippen LogP contribution in [0.1, 0.15) is 11.1 Å². The SMILES string of the molecule is Cc1ccccc1CNC(=O)CSc1nc(-c2ccccc2)cs1. The number of amides is 1. The Labute approximate surface area is 150 Å². The molecule has 2 aromatic carbocycles. The van der Waals surface area contributed by atoms with Crippen LogP contribution in [0.3, 0.4) is 0 Å². The summed E-state index contributed by atoms with van der Waals surface area (Å²) in [4.78, 5) is 16.6. The molecule has 0 bridgehead atoms. The van der Waals surface area contributed by atoms with E-state index in [4.69, 9.17) is 0 Å². The van der Waals surface area contributed by atoms with Gasteiger partial charge in [0.2, 0.25) is 5.91 Å². The maximum absolute atomic E-state index is 12.0. The largest absolute Gasteiger partial charge is 0.351 e. The zero-order valence-electron chi connectivity index (χ0n) is 13.4. The molecule has 1 amide bonds. The summed E-state index contributed by atoms with van der Waals surface area (Å²) in [5.41, 5.74) is 4.40. The first-order valence-corrected chi connectivity index (χ1v) is 9.54. The van der Waals surface area contributed by atoms with Gasteiger partial charge in [-0.25, -0.2) is 4.98 Å². The lowest BCUT2D eigenvalue weighted by Gasteiger charge is -2.07. The van der Waals surface area contributed by atoms with Crippen LogP contribution in [0.2, 0.25) is 0 Å². The molecule has 0 saturated carbocycles. The molecule has 122 valence electrons. The second-order valence-corrected chi connectivity index (χ2v) is 7.44. The van der Waals surface area contributed by atoms with Crippen molar-refractivity contribution in [1.82, 2.24) is 10.3 Å². The molecule has 0 atom stereocenters. The van der Waals surface area contributed by atoms with Crippen molar-refractivity contribution >= 4 is 29.0 Å². The van der Waals surface area contributed by atoms with E-state index >= 15 is 0 Å². The number of nitrogens with zero attached hydrogens (tertiary/aromatic N) is 1. The number of aromatic nitrogens is 1. The van der Waals surface area contributed by atoms with E-state index in [2.05, 4.69) is 23.3 Å². The Morgan fingerprint density at radius 1 is 1.12 bits per heavy atom. The maximum atomic E-state index is 12.0. The first kappa shape index (κ1) is 16.7. The average molecular weight is 354 g/mol. The van der Waals surface area contributed by atoms with Gasteiger partial charge in [0.25, 0.3) is 0 Å². The lowest BCUT2D eigenvalue weighted by Crippen LogP contribution is -2.24. The smallest absolute Gasteiger partial charge is 0.230 e. The standard InChI is InChI=1S/C19H18N2OS2/c1-14-7-5-6-10-16(14)11-20-18(22)13-24-19-21-17(12-23-19)15-8-3-2-4-9-15/h2-10,12H,11,13H2,1H3,(H,20,22).